The van der Waals surface area contributed by atoms with Gasteiger partial charge in [0.25, 0.3) is 10.0 Å². The van der Waals surface area contributed by atoms with Crippen molar-refractivity contribution in [2.24, 2.45) is 7.05 Å². The third kappa shape index (κ3) is 4.31. The minimum atomic E-state index is -3.93. The molecule has 0 bridgehead atoms. The van der Waals surface area contributed by atoms with Crippen LogP contribution < -0.4 is 9.46 Å². The Kier molecular flexibility index (Phi) is 5.20. The molecule has 1 N–H and O–H groups in total. The Morgan fingerprint density at radius 3 is 2.27 bits per heavy atom. The number of hydrogen-bond donors (Lipinski definition) is 1. The van der Waals surface area contributed by atoms with Gasteiger partial charge in [-0.3, -0.25) is 4.68 Å². The highest BCUT2D eigenvalue weighted by Gasteiger charge is 2.22. The van der Waals surface area contributed by atoms with Crippen molar-refractivity contribution in [2.75, 3.05) is 4.72 Å². The van der Waals surface area contributed by atoms with Crippen molar-refractivity contribution in [2.45, 2.75) is 11.8 Å². The van der Waals surface area contributed by atoms with Gasteiger partial charge in [-0.15, -0.1) is 0 Å². The number of sulfonamides is 1. The molecule has 0 fully saturated rings. The molecule has 0 aliphatic rings. The van der Waals surface area contributed by atoms with Gasteiger partial charge in [-0.1, -0.05) is 48.5 Å². The van der Waals surface area contributed by atoms with Crippen LogP contribution in [0, 0.1) is 6.92 Å². The fraction of sp³-hybridized carbons (Fsp3) is 0.0952. The van der Waals surface area contributed by atoms with E-state index in [9.17, 15) is 8.42 Å². The molecule has 2 aromatic carbocycles. The first-order valence-corrected chi connectivity index (χ1v) is 10.6. The van der Waals surface area contributed by atoms with Crippen molar-refractivity contribution in [3.05, 3.63) is 78.6 Å². The number of hydrogen-bond acceptors (Lipinski definition) is 6. The van der Waals surface area contributed by atoms with Crippen molar-refractivity contribution < 1.29 is 13.2 Å². The van der Waals surface area contributed by atoms with Gasteiger partial charge < -0.3 is 4.74 Å². The second-order valence-electron chi connectivity index (χ2n) is 6.55. The maximum atomic E-state index is 12.9. The molecule has 152 valence electrons. The van der Waals surface area contributed by atoms with Crippen LogP contribution in [0.3, 0.4) is 0 Å². The second kappa shape index (κ2) is 7.96. The molecular formula is C21H19N5O3S. The lowest BCUT2D eigenvalue weighted by Gasteiger charge is -2.11. The summed E-state index contributed by atoms with van der Waals surface area (Å²) in [6, 6.07) is 20.2. The van der Waals surface area contributed by atoms with Gasteiger partial charge in [0.1, 0.15) is 10.6 Å². The predicted molar refractivity (Wildman–Crippen MR) is 113 cm³/mol. The monoisotopic (exact) mass is 421 g/mol. The standard InChI is InChI=1S/C21H19N5O3S/c1-15-19(14-26(2)24-15)30(27,28)25-21-22-18(16-9-5-3-6-10-16)13-20(23-21)29-17-11-7-4-8-12-17/h3-14H,1-2H3,(H,22,23,25). The van der Waals surface area contributed by atoms with Crippen LogP contribution in [-0.4, -0.2) is 28.2 Å². The molecule has 0 saturated heterocycles. The molecule has 0 aliphatic heterocycles. The van der Waals surface area contributed by atoms with Crippen molar-refractivity contribution in [3.8, 4) is 22.9 Å². The van der Waals surface area contributed by atoms with Gasteiger partial charge in [0.2, 0.25) is 11.8 Å². The molecule has 0 radical (unpaired) electrons. The highest BCUT2D eigenvalue weighted by Crippen LogP contribution is 2.27. The number of anilines is 1. The molecule has 4 aromatic rings. The van der Waals surface area contributed by atoms with E-state index in [0.29, 0.717) is 17.1 Å². The van der Waals surface area contributed by atoms with Gasteiger partial charge in [0.15, 0.2) is 0 Å². The Morgan fingerprint density at radius 1 is 0.967 bits per heavy atom. The summed E-state index contributed by atoms with van der Waals surface area (Å²) in [6.07, 6.45) is 1.43. The largest absolute Gasteiger partial charge is 0.439 e. The lowest BCUT2D eigenvalue weighted by Crippen LogP contribution is -2.16. The van der Waals surface area contributed by atoms with E-state index in [1.807, 2.05) is 48.5 Å². The third-order valence-electron chi connectivity index (χ3n) is 4.22. The molecule has 0 amide bonds. The first kappa shape index (κ1) is 19.6. The number of rotatable bonds is 6. The maximum absolute atomic E-state index is 12.9. The van der Waals surface area contributed by atoms with Crippen LogP contribution in [0.2, 0.25) is 0 Å². The summed E-state index contributed by atoms with van der Waals surface area (Å²) in [6.45, 7) is 1.62. The number of aryl methyl sites for hydroxylation is 2. The van der Waals surface area contributed by atoms with Gasteiger partial charge in [-0.05, 0) is 19.1 Å². The predicted octanol–water partition coefficient (Wildman–Crippen LogP) is 3.78. The summed E-state index contributed by atoms with van der Waals surface area (Å²) in [5.74, 6) is 0.702. The smallest absolute Gasteiger partial charge is 0.267 e. The van der Waals surface area contributed by atoms with Crippen molar-refractivity contribution >= 4 is 16.0 Å². The Morgan fingerprint density at radius 2 is 1.63 bits per heavy atom. The number of benzene rings is 2. The molecule has 8 nitrogen and oxygen atoms in total. The lowest BCUT2D eigenvalue weighted by atomic mass is 10.1. The SMILES string of the molecule is Cc1nn(C)cc1S(=O)(=O)Nc1nc(Oc2ccccc2)cc(-c2ccccc2)n1. The van der Waals surface area contributed by atoms with Gasteiger partial charge >= 0.3 is 0 Å². The molecule has 4 rings (SSSR count). The summed E-state index contributed by atoms with van der Waals surface area (Å²) in [4.78, 5) is 8.69. The van der Waals surface area contributed by atoms with Crippen LogP contribution in [0.1, 0.15) is 5.69 Å². The zero-order valence-corrected chi connectivity index (χ0v) is 17.2. The molecule has 0 aliphatic carbocycles. The van der Waals surface area contributed by atoms with Crippen LogP contribution >= 0.6 is 0 Å². The van der Waals surface area contributed by atoms with E-state index in [1.165, 1.54) is 10.9 Å². The molecule has 0 saturated carbocycles. The van der Waals surface area contributed by atoms with E-state index >= 15 is 0 Å². The molecule has 0 unspecified atom stereocenters. The van der Waals surface area contributed by atoms with Crippen molar-refractivity contribution in [3.63, 3.8) is 0 Å². The van der Waals surface area contributed by atoms with Gasteiger partial charge in [-0.2, -0.15) is 10.1 Å². The number of nitrogens with zero attached hydrogens (tertiary/aromatic N) is 4. The molecule has 2 heterocycles. The highest BCUT2D eigenvalue weighted by molar-refractivity contribution is 7.92. The van der Waals surface area contributed by atoms with Crippen molar-refractivity contribution in [1.29, 1.82) is 0 Å². The van der Waals surface area contributed by atoms with E-state index in [4.69, 9.17) is 4.74 Å². The van der Waals surface area contributed by atoms with Crippen LogP contribution in [0.5, 0.6) is 11.6 Å². The highest BCUT2D eigenvalue weighted by atomic mass is 32.2. The first-order valence-electron chi connectivity index (χ1n) is 9.11. The molecular weight excluding hydrogens is 402 g/mol. The fourth-order valence-corrected chi connectivity index (χ4v) is 4.07. The third-order valence-corrected chi connectivity index (χ3v) is 5.65. The number of ether oxygens (including phenoxy) is 1. The van der Waals surface area contributed by atoms with Crippen LogP contribution in [-0.2, 0) is 17.1 Å². The number of para-hydroxylation sites is 1. The van der Waals surface area contributed by atoms with Crippen molar-refractivity contribution in [1.82, 2.24) is 19.7 Å². The van der Waals surface area contributed by atoms with E-state index in [2.05, 4.69) is 19.8 Å². The fourth-order valence-electron chi connectivity index (χ4n) is 2.91. The lowest BCUT2D eigenvalue weighted by molar-refractivity contribution is 0.463. The normalized spacial score (nSPS) is 11.3. The molecule has 2 aromatic heterocycles. The van der Waals surface area contributed by atoms with Crippen LogP contribution in [0.4, 0.5) is 5.95 Å². The topological polar surface area (TPSA) is 99.0 Å². The minimum absolute atomic E-state index is 0.0595. The summed E-state index contributed by atoms with van der Waals surface area (Å²) >= 11 is 0. The quantitative estimate of drug-likeness (QED) is 0.509. The molecule has 0 spiro atoms. The molecule has 0 atom stereocenters. The summed E-state index contributed by atoms with van der Waals surface area (Å²) in [7, 11) is -2.27. The second-order valence-corrected chi connectivity index (χ2v) is 8.20. The van der Waals surface area contributed by atoms with E-state index in [1.54, 1.807) is 32.2 Å². The minimum Gasteiger partial charge on any atom is -0.439 e. The van der Waals surface area contributed by atoms with E-state index in [0.717, 1.165) is 5.56 Å². The molecule has 30 heavy (non-hydrogen) atoms. The number of nitrogens with one attached hydrogen (secondary N) is 1. The van der Waals surface area contributed by atoms with Gasteiger partial charge in [0, 0.05) is 24.9 Å². The Labute approximate surface area is 174 Å². The van der Waals surface area contributed by atoms with Gasteiger partial charge in [-0.25, -0.2) is 18.1 Å². The average Bonchev–Trinajstić information content (AvgIpc) is 3.08. The maximum Gasteiger partial charge on any atom is 0.267 e. The first-order chi connectivity index (χ1) is 14.4. The van der Waals surface area contributed by atoms with Crippen LogP contribution in [0.25, 0.3) is 11.3 Å². The van der Waals surface area contributed by atoms with E-state index in [-0.39, 0.29) is 16.7 Å². The van der Waals surface area contributed by atoms with E-state index < -0.39 is 10.0 Å². The summed E-state index contributed by atoms with van der Waals surface area (Å²) in [5.41, 5.74) is 1.71. The Bertz CT molecular complexity index is 1270. The Hall–Kier alpha value is -3.72. The number of aromatic nitrogens is 4. The molecule has 9 heteroatoms. The Balaban J connectivity index is 1.74. The zero-order chi connectivity index (χ0) is 21.1. The summed E-state index contributed by atoms with van der Waals surface area (Å²) < 4.78 is 35.4. The van der Waals surface area contributed by atoms with Crippen LogP contribution in [0.15, 0.2) is 77.8 Å². The summed E-state index contributed by atoms with van der Waals surface area (Å²) in [5, 5.41) is 4.09. The van der Waals surface area contributed by atoms with Gasteiger partial charge in [0.05, 0.1) is 11.4 Å². The average molecular weight is 421 g/mol. The zero-order valence-electron chi connectivity index (χ0n) is 16.4.